The van der Waals surface area contributed by atoms with Crippen LogP contribution in [0.5, 0.6) is 0 Å². The summed E-state index contributed by atoms with van der Waals surface area (Å²) in [5.74, 6) is -0.194. The van der Waals surface area contributed by atoms with Crippen LogP contribution in [0.2, 0.25) is 0 Å². The zero-order chi connectivity index (χ0) is 22.8. The van der Waals surface area contributed by atoms with Gasteiger partial charge in [0.25, 0.3) is 5.56 Å². The van der Waals surface area contributed by atoms with Gasteiger partial charge in [-0.15, -0.1) is 0 Å². The number of aryl methyl sites for hydroxylation is 1. The minimum atomic E-state index is -0.196. The van der Waals surface area contributed by atoms with Gasteiger partial charge in [-0.3, -0.25) is 14.2 Å². The Morgan fingerprint density at radius 3 is 2.39 bits per heavy atom. The number of nitrogens with zero attached hydrogens (tertiary/aromatic N) is 3. The molecule has 0 aliphatic carbocycles. The Balaban J connectivity index is 1.22. The van der Waals surface area contributed by atoms with Crippen LogP contribution in [0.3, 0.4) is 0 Å². The molecule has 6 nitrogen and oxygen atoms in total. The molecule has 7 heteroatoms. The van der Waals surface area contributed by atoms with Crippen LogP contribution in [-0.4, -0.2) is 28.5 Å². The van der Waals surface area contributed by atoms with Gasteiger partial charge in [0.05, 0.1) is 28.6 Å². The fraction of sp³-hybridized carbons (Fsp3) is 0.192. The van der Waals surface area contributed by atoms with Crippen LogP contribution >= 0.6 is 11.8 Å². The van der Waals surface area contributed by atoms with E-state index in [1.807, 2.05) is 19.1 Å². The second-order valence-electron chi connectivity index (χ2n) is 8.04. The highest BCUT2D eigenvalue weighted by atomic mass is 32.2. The smallest absolute Gasteiger partial charge is 0.261 e. The highest BCUT2D eigenvalue weighted by Gasteiger charge is 2.22. The van der Waals surface area contributed by atoms with E-state index >= 15 is 0 Å². The van der Waals surface area contributed by atoms with E-state index in [-0.39, 0.29) is 18.0 Å². The lowest BCUT2D eigenvalue weighted by Crippen LogP contribution is -2.34. The Kier molecular flexibility index (Phi) is 5.88. The monoisotopic (exact) mass is 456 g/mol. The van der Waals surface area contributed by atoms with Crippen molar-refractivity contribution in [1.82, 2.24) is 14.9 Å². The van der Waals surface area contributed by atoms with E-state index in [0.29, 0.717) is 17.4 Å². The Hall–Kier alpha value is -3.58. The van der Waals surface area contributed by atoms with Crippen molar-refractivity contribution in [1.29, 1.82) is 0 Å². The maximum atomic E-state index is 12.7. The lowest BCUT2D eigenvalue weighted by atomic mass is 10.1. The molecular formula is C26H24N4O2S. The van der Waals surface area contributed by atoms with Crippen LogP contribution in [0.4, 0.5) is 11.4 Å². The van der Waals surface area contributed by atoms with Crippen molar-refractivity contribution >= 4 is 39.9 Å². The van der Waals surface area contributed by atoms with Crippen LogP contribution < -0.4 is 15.8 Å². The van der Waals surface area contributed by atoms with Crippen LogP contribution in [0.15, 0.2) is 87.6 Å². The Morgan fingerprint density at radius 2 is 1.67 bits per heavy atom. The molecule has 166 valence electrons. The molecule has 0 radical (unpaired) electrons. The first-order valence-corrected chi connectivity index (χ1v) is 11.8. The SMILES string of the molecule is Cc1cccc2c(=O)n(CC(=O)NCCCN3c4ccccc4Sc4ccccc43)cnc12. The number of carbonyl (C=O) groups is 1. The molecule has 2 heterocycles. The highest BCUT2D eigenvalue weighted by molar-refractivity contribution is 7.99. The molecule has 1 aliphatic rings. The summed E-state index contributed by atoms with van der Waals surface area (Å²) in [5, 5.41) is 3.48. The molecule has 0 bridgehead atoms. The fourth-order valence-electron chi connectivity index (χ4n) is 4.15. The number of benzene rings is 3. The molecule has 0 saturated carbocycles. The molecule has 4 aromatic rings. The second-order valence-corrected chi connectivity index (χ2v) is 9.13. The van der Waals surface area contributed by atoms with Crippen molar-refractivity contribution in [2.45, 2.75) is 29.7 Å². The number of fused-ring (bicyclic) bond motifs is 3. The molecular weight excluding hydrogens is 432 g/mol. The van der Waals surface area contributed by atoms with Gasteiger partial charge in [-0.25, -0.2) is 4.98 Å². The van der Waals surface area contributed by atoms with E-state index in [4.69, 9.17) is 0 Å². The van der Waals surface area contributed by atoms with Gasteiger partial charge >= 0.3 is 0 Å². The Morgan fingerprint density at radius 1 is 0.970 bits per heavy atom. The number of rotatable bonds is 6. The predicted molar refractivity (Wildman–Crippen MR) is 132 cm³/mol. The molecule has 1 aliphatic heterocycles. The number of nitrogens with one attached hydrogen (secondary N) is 1. The number of para-hydroxylation sites is 3. The molecule has 1 aromatic heterocycles. The summed E-state index contributed by atoms with van der Waals surface area (Å²) >= 11 is 1.78. The van der Waals surface area contributed by atoms with Gasteiger partial charge < -0.3 is 10.2 Å². The van der Waals surface area contributed by atoms with E-state index in [1.165, 1.54) is 32.1 Å². The van der Waals surface area contributed by atoms with Crippen molar-refractivity contribution in [2.24, 2.45) is 0 Å². The van der Waals surface area contributed by atoms with E-state index in [2.05, 4.69) is 63.7 Å². The lowest BCUT2D eigenvalue weighted by molar-refractivity contribution is -0.121. The van der Waals surface area contributed by atoms with Gasteiger partial charge in [0.1, 0.15) is 6.54 Å². The van der Waals surface area contributed by atoms with Crippen LogP contribution in [0, 0.1) is 6.92 Å². The van der Waals surface area contributed by atoms with Gasteiger partial charge in [0.15, 0.2) is 0 Å². The summed E-state index contributed by atoms with van der Waals surface area (Å²) < 4.78 is 1.37. The van der Waals surface area contributed by atoms with Crippen molar-refractivity contribution in [2.75, 3.05) is 18.0 Å². The van der Waals surface area contributed by atoms with Gasteiger partial charge in [-0.2, -0.15) is 0 Å². The number of hydrogen-bond acceptors (Lipinski definition) is 5. The molecule has 0 unspecified atom stereocenters. The largest absolute Gasteiger partial charge is 0.354 e. The maximum Gasteiger partial charge on any atom is 0.261 e. The molecule has 0 atom stereocenters. The fourth-order valence-corrected chi connectivity index (χ4v) is 5.24. The first-order valence-electron chi connectivity index (χ1n) is 11.0. The van der Waals surface area contributed by atoms with Crippen molar-refractivity contribution in [3.63, 3.8) is 0 Å². The Labute approximate surface area is 196 Å². The van der Waals surface area contributed by atoms with Gasteiger partial charge in [-0.1, -0.05) is 48.2 Å². The third-order valence-electron chi connectivity index (χ3n) is 5.78. The summed E-state index contributed by atoms with van der Waals surface area (Å²) in [6, 6.07) is 22.3. The quantitative estimate of drug-likeness (QED) is 0.432. The first-order chi connectivity index (χ1) is 16.1. The van der Waals surface area contributed by atoms with Gasteiger partial charge in [0, 0.05) is 22.9 Å². The average molecular weight is 457 g/mol. The zero-order valence-electron chi connectivity index (χ0n) is 18.3. The third-order valence-corrected chi connectivity index (χ3v) is 6.91. The van der Waals surface area contributed by atoms with Gasteiger partial charge in [-0.05, 0) is 49.2 Å². The molecule has 5 rings (SSSR count). The predicted octanol–water partition coefficient (Wildman–Crippen LogP) is 4.51. The van der Waals surface area contributed by atoms with E-state index in [0.717, 1.165) is 18.5 Å². The van der Waals surface area contributed by atoms with E-state index < -0.39 is 0 Å². The number of aromatic nitrogens is 2. The number of anilines is 2. The second kappa shape index (κ2) is 9.11. The highest BCUT2D eigenvalue weighted by Crippen LogP contribution is 2.47. The van der Waals surface area contributed by atoms with Crippen molar-refractivity contribution < 1.29 is 4.79 Å². The Bertz CT molecular complexity index is 1350. The van der Waals surface area contributed by atoms with Crippen molar-refractivity contribution in [3.8, 4) is 0 Å². The molecule has 0 saturated heterocycles. The van der Waals surface area contributed by atoms with Crippen molar-refractivity contribution in [3.05, 3.63) is 89.0 Å². The summed E-state index contributed by atoms with van der Waals surface area (Å²) in [5.41, 5.74) is 3.81. The molecule has 0 fully saturated rings. The minimum absolute atomic E-state index is 0.0399. The average Bonchev–Trinajstić information content (AvgIpc) is 2.83. The minimum Gasteiger partial charge on any atom is -0.354 e. The topological polar surface area (TPSA) is 67.2 Å². The van der Waals surface area contributed by atoms with E-state index in [1.54, 1.807) is 17.8 Å². The number of amides is 1. The maximum absolute atomic E-state index is 12.7. The molecule has 0 spiro atoms. The first kappa shape index (κ1) is 21.3. The van der Waals surface area contributed by atoms with Crippen LogP contribution in [0.1, 0.15) is 12.0 Å². The summed E-state index contributed by atoms with van der Waals surface area (Å²) in [4.78, 5) is 34.4. The number of carbonyl (C=O) groups excluding carboxylic acids is 1. The van der Waals surface area contributed by atoms with Crippen LogP contribution in [-0.2, 0) is 11.3 Å². The third kappa shape index (κ3) is 4.24. The zero-order valence-corrected chi connectivity index (χ0v) is 19.1. The van der Waals surface area contributed by atoms with Crippen LogP contribution in [0.25, 0.3) is 10.9 Å². The summed E-state index contributed by atoms with van der Waals surface area (Å²) in [7, 11) is 0. The molecule has 33 heavy (non-hydrogen) atoms. The standard InChI is InChI=1S/C26H24N4O2S/c1-18-8-6-9-19-25(18)28-17-29(26(19)32)16-24(31)27-14-7-15-30-20-10-2-4-12-22(20)33-23-13-5-3-11-21(23)30/h2-6,8-13,17H,7,14-16H2,1H3,(H,27,31). The molecule has 1 N–H and O–H groups in total. The normalized spacial score (nSPS) is 12.3. The molecule has 3 aromatic carbocycles. The lowest BCUT2D eigenvalue weighted by Gasteiger charge is -2.32. The van der Waals surface area contributed by atoms with Gasteiger partial charge in [0.2, 0.25) is 5.91 Å². The summed E-state index contributed by atoms with van der Waals surface area (Å²) in [6.45, 7) is 3.19. The number of hydrogen-bond donors (Lipinski definition) is 1. The van der Waals surface area contributed by atoms with E-state index in [9.17, 15) is 9.59 Å². The summed E-state index contributed by atoms with van der Waals surface area (Å²) in [6.07, 6.45) is 2.24. The molecule has 1 amide bonds.